The van der Waals surface area contributed by atoms with Gasteiger partial charge < -0.3 is 16.2 Å². The number of amidine groups is 1. The van der Waals surface area contributed by atoms with E-state index in [4.69, 9.17) is 21.0 Å². The van der Waals surface area contributed by atoms with Crippen LogP contribution in [0.15, 0.2) is 24.3 Å². The number of carbonyl (C=O) groups excluding carboxylic acids is 2. The summed E-state index contributed by atoms with van der Waals surface area (Å²) in [5.74, 6) is 4.09. The Bertz CT molecular complexity index is 547. The third-order valence-corrected chi connectivity index (χ3v) is 2.49. The number of nitrogen functional groups attached to an aromatic ring is 1. The molecule has 0 aliphatic rings. The van der Waals surface area contributed by atoms with Gasteiger partial charge in [-0.1, -0.05) is 9.24 Å². The standard InChI is InChI=1S/C11H14N3O2P.CH4N2O2/c12-11(13)7-1-3-8(4-2-7)14-9(15)5-6-10(16)17;2-3-1(4)5/h1-4H,5-6,17H2,(H3,12,13)(H,14,15);3H,2H2,(H,4,5). The second kappa shape index (κ2) is 10.3. The van der Waals surface area contributed by atoms with Gasteiger partial charge >= 0.3 is 6.09 Å². The van der Waals surface area contributed by atoms with Crippen LogP contribution < -0.4 is 22.3 Å². The Balaban J connectivity index is 0.000000763. The molecule has 0 bridgehead atoms. The third-order valence-electron chi connectivity index (χ3n) is 2.20. The van der Waals surface area contributed by atoms with E-state index in [1.54, 1.807) is 24.3 Å². The van der Waals surface area contributed by atoms with Gasteiger partial charge in [-0.05, 0) is 24.3 Å². The number of benzene rings is 1. The highest BCUT2D eigenvalue weighted by Crippen LogP contribution is 2.10. The van der Waals surface area contributed by atoms with Crippen molar-refractivity contribution < 1.29 is 19.5 Å². The molecule has 0 spiro atoms. The lowest BCUT2D eigenvalue weighted by Crippen LogP contribution is -2.27. The minimum Gasteiger partial charge on any atom is -0.464 e. The lowest BCUT2D eigenvalue weighted by molar-refractivity contribution is -0.119. The van der Waals surface area contributed by atoms with Crippen molar-refractivity contribution in [1.82, 2.24) is 5.43 Å². The minimum atomic E-state index is -1.22. The third kappa shape index (κ3) is 9.40. The Morgan fingerprint density at radius 2 is 1.68 bits per heavy atom. The molecular weight excluding hydrogens is 309 g/mol. The molecule has 22 heavy (non-hydrogen) atoms. The van der Waals surface area contributed by atoms with Crippen molar-refractivity contribution in [3.05, 3.63) is 29.8 Å². The van der Waals surface area contributed by atoms with Crippen LogP contribution in [0.2, 0.25) is 0 Å². The van der Waals surface area contributed by atoms with Crippen molar-refractivity contribution in [1.29, 1.82) is 5.41 Å². The van der Waals surface area contributed by atoms with Gasteiger partial charge in [0.2, 0.25) is 5.91 Å². The Morgan fingerprint density at radius 1 is 1.18 bits per heavy atom. The Morgan fingerprint density at radius 3 is 2.05 bits per heavy atom. The molecular formula is C12H18N5O4P. The first-order chi connectivity index (χ1) is 10.3. The van der Waals surface area contributed by atoms with Gasteiger partial charge in [0, 0.05) is 24.1 Å². The number of carboxylic acid groups (broad SMARTS) is 1. The van der Waals surface area contributed by atoms with E-state index in [1.165, 1.54) is 5.43 Å². The molecule has 10 heteroatoms. The second-order valence-corrected chi connectivity index (χ2v) is 4.60. The number of hydrogen-bond donors (Lipinski definition) is 6. The molecule has 0 aliphatic carbocycles. The van der Waals surface area contributed by atoms with E-state index >= 15 is 0 Å². The Labute approximate surface area is 129 Å². The molecule has 0 fully saturated rings. The van der Waals surface area contributed by atoms with E-state index in [9.17, 15) is 9.59 Å². The summed E-state index contributed by atoms with van der Waals surface area (Å²) < 4.78 is 0. The summed E-state index contributed by atoms with van der Waals surface area (Å²) in [6.45, 7) is 0. The molecule has 8 N–H and O–H groups in total. The molecule has 1 rings (SSSR count). The van der Waals surface area contributed by atoms with E-state index in [-0.39, 0.29) is 30.1 Å². The van der Waals surface area contributed by atoms with Crippen molar-refractivity contribution >= 4 is 38.3 Å². The van der Waals surface area contributed by atoms with Crippen LogP contribution in [0.4, 0.5) is 10.5 Å². The first kappa shape index (κ1) is 19.5. The van der Waals surface area contributed by atoms with Crippen molar-refractivity contribution in [3.8, 4) is 0 Å². The van der Waals surface area contributed by atoms with Crippen molar-refractivity contribution in [2.75, 3.05) is 5.32 Å². The fraction of sp³-hybridized carbons (Fsp3) is 0.167. The number of nitrogens with two attached hydrogens (primary N) is 2. The maximum absolute atomic E-state index is 11.4. The van der Waals surface area contributed by atoms with E-state index in [0.29, 0.717) is 11.3 Å². The van der Waals surface area contributed by atoms with Gasteiger partial charge in [0.15, 0.2) is 0 Å². The van der Waals surface area contributed by atoms with Crippen LogP contribution in [-0.4, -0.2) is 28.5 Å². The van der Waals surface area contributed by atoms with E-state index in [2.05, 4.69) is 11.2 Å². The maximum Gasteiger partial charge on any atom is 0.418 e. The first-order valence-corrected chi connectivity index (χ1v) is 6.56. The van der Waals surface area contributed by atoms with Crippen LogP contribution in [0.3, 0.4) is 0 Å². The fourth-order valence-corrected chi connectivity index (χ4v) is 1.34. The summed E-state index contributed by atoms with van der Waals surface area (Å²) in [6, 6.07) is 6.63. The second-order valence-electron chi connectivity index (χ2n) is 3.96. The SMILES string of the molecule is N=C(N)c1ccc(NC(=O)CCC(=O)P)cc1.NNC(=O)O. The molecule has 0 heterocycles. The molecule has 120 valence electrons. The van der Waals surface area contributed by atoms with Gasteiger partial charge in [-0.2, -0.15) is 0 Å². The zero-order valence-corrected chi connectivity index (χ0v) is 12.8. The Hall–Kier alpha value is -2.51. The highest BCUT2D eigenvalue weighted by molar-refractivity contribution is 7.40. The zero-order chi connectivity index (χ0) is 17.1. The topological polar surface area (TPSA) is 171 Å². The molecule has 0 saturated heterocycles. The van der Waals surface area contributed by atoms with Crippen LogP contribution in [-0.2, 0) is 9.59 Å². The molecule has 0 aromatic heterocycles. The number of hydrogen-bond acceptors (Lipinski definition) is 5. The van der Waals surface area contributed by atoms with Gasteiger partial charge in [-0.3, -0.25) is 20.4 Å². The average molecular weight is 327 g/mol. The van der Waals surface area contributed by atoms with Crippen LogP contribution in [0.5, 0.6) is 0 Å². The van der Waals surface area contributed by atoms with Crippen LogP contribution in [0, 0.1) is 5.41 Å². The van der Waals surface area contributed by atoms with Crippen molar-refractivity contribution in [2.24, 2.45) is 11.6 Å². The molecule has 0 aliphatic heterocycles. The summed E-state index contributed by atoms with van der Waals surface area (Å²) >= 11 is 0. The minimum absolute atomic E-state index is 0.0171. The van der Waals surface area contributed by atoms with Crippen LogP contribution in [0.1, 0.15) is 18.4 Å². The van der Waals surface area contributed by atoms with Gasteiger partial charge in [0.25, 0.3) is 0 Å². The van der Waals surface area contributed by atoms with E-state index < -0.39 is 6.09 Å². The van der Waals surface area contributed by atoms with E-state index in [1.807, 2.05) is 9.24 Å². The van der Waals surface area contributed by atoms with Crippen LogP contribution in [0.25, 0.3) is 0 Å². The number of nitrogens with one attached hydrogen (secondary N) is 3. The lowest BCUT2D eigenvalue weighted by Gasteiger charge is -2.05. The van der Waals surface area contributed by atoms with Crippen molar-refractivity contribution in [3.63, 3.8) is 0 Å². The monoisotopic (exact) mass is 327 g/mol. The Kier molecular flexibility index (Phi) is 9.08. The predicted molar refractivity (Wildman–Crippen MR) is 85.4 cm³/mol. The summed E-state index contributed by atoms with van der Waals surface area (Å²) in [5.41, 5.74) is 7.88. The zero-order valence-electron chi connectivity index (χ0n) is 11.6. The predicted octanol–water partition coefficient (Wildman–Crippen LogP) is 0.219. The fourth-order valence-electron chi connectivity index (χ4n) is 1.19. The smallest absolute Gasteiger partial charge is 0.418 e. The van der Waals surface area contributed by atoms with Gasteiger partial charge in [-0.15, -0.1) is 0 Å². The number of carbonyl (C=O) groups is 3. The number of amides is 2. The number of rotatable bonds is 5. The molecule has 0 saturated carbocycles. The van der Waals surface area contributed by atoms with E-state index in [0.717, 1.165) is 0 Å². The van der Waals surface area contributed by atoms with Gasteiger partial charge in [0.1, 0.15) is 11.4 Å². The molecule has 1 aromatic carbocycles. The number of anilines is 1. The van der Waals surface area contributed by atoms with Crippen molar-refractivity contribution in [2.45, 2.75) is 12.8 Å². The lowest BCUT2D eigenvalue weighted by atomic mass is 10.2. The maximum atomic E-state index is 11.4. The number of hydrazine groups is 1. The first-order valence-electron chi connectivity index (χ1n) is 5.98. The molecule has 1 aromatic rings. The molecule has 1 atom stereocenters. The highest BCUT2D eigenvalue weighted by Gasteiger charge is 2.04. The highest BCUT2D eigenvalue weighted by atomic mass is 31.0. The molecule has 0 radical (unpaired) electrons. The van der Waals surface area contributed by atoms with Gasteiger partial charge in [-0.25, -0.2) is 10.6 Å². The van der Waals surface area contributed by atoms with Gasteiger partial charge in [0.05, 0.1) is 0 Å². The largest absolute Gasteiger partial charge is 0.464 e. The summed E-state index contributed by atoms with van der Waals surface area (Å²) in [7, 11) is 2.03. The summed E-state index contributed by atoms with van der Waals surface area (Å²) in [5, 5.41) is 17.3. The normalized spacial score (nSPS) is 9.00. The molecule has 2 amide bonds. The average Bonchev–Trinajstić information content (AvgIpc) is 2.46. The van der Waals surface area contributed by atoms with Crippen LogP contribution >= 0.6 is 9.24 Å². The molecule has 1 unspecified atom stereocenters. The summed E-state index contributed by atoms with van der Waals surface area (Å²) in [4.78, 5) is 31.2. The molecule has 9 nitrogen and oxygen atoms in total. The summed E-state index contributed by atoms with van der Waals surface area (Å²) in [6.07, 6.45) is -0.844. The quantitative estimate of drug-likeness (QED) is 0.113.